The Labute approximate surface area is 97.2 Å². The van der Waals surface area contributed by atoms with Crippen LogP contribution in [-0.2, 0) is 4.79 Å². The molecule has 1 amide bonds. The molecule has 1 unspecified atom stereocenters. The summed E-state index contributed by atoms with van der Waals surface area (Å²) < 4.78 is 0. The lowest BCUT2D eigenvalue weighted by atomic mass is 10.3. The highest BCUT2D eigenvalue weighted by Crippen LogP contribution is 2.31. The number of aliphatic hydroxyl groups is 1. The number of rotatable bonds is 1. The van der Waals surface area contributed by atoms with Crippen molar-refractivity contribution in [1.29, 1.82) is 0 Å². The molecular weight excluding hydrogens is 237 g/mol. The summed E-state index contributed by atoms with van der Waals surface area (Å²) in [5, 5.41) is 10.3. The van der Waals surface area contributed by atoms with Crippen LogP contribution in [0.1, 0.15) is 6.42 Å². The molecule has 1 aromatic rings. The molecule has 0 spiro atoms. The molecule has 1 heterocycles. The highest BCUT2D eigenvalue weighted by molar-refractivity contribution is 6.35. The molecule has 0 bridgehead atoms. The highest BCUT2D eigenvalue weighted by Gasteiger charge is 2.31. The molecule has 3 nitrogen and oxygen atoms in total. The lowest BCUT2D eigenvalue weighted by molar-refractivity contribution is -0.123. The zero-order valence-electron chi connectivity index (χ0n) is 7.78. The van der Waals surface area contributed by atoms with Crippen LogP contribution < -0.4 is 4.90 Å². The van der Waals surface area contributed by atoms with Gasteiger partial charge in [-0.3, -0.25) is 4.79 Å². The Bertz CT molecular complexity index is 408. The number of hydrogen-bond acceptors (Lipinski definition) is 2. The molecule has 1 aliphatic heterocycles. The molecule has 1 N–H and O–H groups in total. The van der Waals surface area contributed by atoms with Crippen LogP contribution in [0.3, 0.4) is 0 Å². The van der Waals surface area contributed by atoms with Gasteiger partial charge >= 0.3 is 0 Å². The van der Waals surface area contributed by atoms with E-state index in [1.165, 1.54) is 4.90 Å². The minimum atomic E-state index is -0.917. The van der Waals surface area contributed by atoms with Crippen LogP contribution in [0.15, 0.2) is 18.2 Å². The summed E-state index contributed by atoms with van der Waals surface area (Å²) in [5.74, 6) is -0.320. The monoisotopic (exact) mass is 245 g/mol. The Hall–Kier alpha value is -0.770. The van der Waals surface area contributed by atoms with Gasteiger partial charge in [-0.25, -0.2) is 0 Å². The van der Waals surface area contributed by atoms with Crippen LogP contribution >= 0.6 is 23.2 Å². The molecule has 1 saturated heterocycles. The van der Waals surface area contributed by atoms with E-state index >= 15 is 0 Å². The minimum absolute atomic E-state index is 0.320. The normalized spacial score (nSPS) is 21.1. The fraction of sp³-hybridized carbons (Fsp3) is 0.300. The summed E-state index contributed by atoms with van der Waals surface area (Å²) in [4.78, 5) is 13.0. The minimum Gasteiger partial charge on any atom is -0.383 e. The van der Waals surface area contributed by atoms with Crippen LogP contribution in [0.5, 0.6) is 0 Å². The van der Waals surface area contributed by atoms with E-state index in [0.29, 0.717) is 28.7 Å². The first kappa shape index (κ1) is 10.7. The van der Waals surface area contributed by atoms with Crippen LogP contribution in [0.4, 0.5) is 5.69 Å². The molecule has 1 fully saturated rings. The molecule has 1 atom stereocenters. The van der Waals surface area contributed by atoms with Crippen LogP contribution in [-0.4, -0.2) is 23.7 Å². The summed E-state index contributed by atoms with van der Waals surface area (Å²) >= 11 is 11.8. The van der Waals surface area contributed by atoms with Crippen molar-refractivity contribution in [1.82, 2.24) is 0 Å². The second kappa shape index (κ2) is 4.00. The zero-order chi connectivity index (χ0) is 11.0. The lowest BCUT2D eigenvalue weighted by Crippen LogP contribution is -2.29. The molecule has 15 heavy (non-hydrogen) atoms. The molecule has 0 radical (unpaired) electrons. The van der Waals surface area contributed by atoms with E-state index in [2.05, 4.69) is 0 Å². The van der Waals surface area contributed by atoms with Crippen molar-refractivity contribution in [3.05, 3.63) is 28.2 Å². The number of halogens is 2. The quantitative estimate of drug-likeness (QED) is 0.824. The number of anilines is 1. The van der Waals surface area contributed by atoms with E-state index in [1.54, 1.807) is 18.2 Å². The number of aliphatic hydroxyl groups excluding tert-OH is 1. The van der Waals surface area contributed by atoms with Gasteiger partial charge < -0.3 is 10.0 Å². The summed E-state index contributed by atoms with van der Waals surface area (Å²) in [6.45, 7) is 0.472. The van der Waals surface area contributed by atoms with Gasteiger partial charge in [0.15, 0.2) is 0 Å². The summed E-state index contributed by atoms with van der Waals surface area (Å²) in [6.07, 6.45) is -0.484. The molecule has 5 heteroatoms. The number of hydrogen-bond donors (Lipinski definition) is 1. The molecular formula is C10H9Cl2NO2. The van der Waals surface area contributed by atoms with Crippen molar-refractivity contribution in [2.24, 2.45) is 0 Å². The Balaban J connectivity index is 2.37. The second-order valence-corrected chi connectivity index (χ2v) is 4.23. The second-order valence-electron chi connectivity index (χ2n) is 3.39. The van der Waals surface area contributed by atoms with Gasteiger partial charge in [-0.1, -0.05) is 23.2 Å². The Kier molecular flexibility index (Phi) is 2.87. The number of nitrogens with zero attached hydrogens (tertiary/aromatic N) is 1. The first-order valence-electron chi connectivity index (χ1n) is 4.54. The fourth-order valence-corrected chi connectivity index (χ4v) is 1.98. The first-order chi connectivity index (χ1) is 7.09. The van der Waals surface area contributed by atoms with Gasteiger partial charge in [-0.05, 0) is 18.2 Å². The average Bonchev–Trinajstić information content (AvgIpc) is 2.52. The van der Waals surface area contributed by atoms with E-state index < -0.39 is 6.10 Å². The molecule has 80 valence electrons. The Morgan fingerprint density at radius 2 is 2.13 bits per heavy atom. The van der Waals surface area contributed by atoms with E-state index in [0.717, 1.165) is 0 Å². The number of carbonyl (C=O) groups excluding carboxylic acids is 1. The third-order valence-electron chi connectivity index (χ3n) is 2.38. The van der Waals surface area contributed by atoms with E-state index in [1.807, 2.05) is 0 Å². The smallest absolute Gasteiger partial charge is 0.255 e. The number of benzene rings is 1. The molecule has 0 saturated carbocycles. The zero-order valence-corrected chi connectivity index (χ0v) is 9.29. The third kappa shape index (κ3) is 1.95. The topological polar surface area (TPSA) is 40.5 Å². The molecule has 1 aromatic carbocycles. The predicted octanol–water partition coefficient (Wildman–Crippen LogP) is 2.09. The van der Waals surface area contributed by atoms with Gasteiger partial charge in [0.05, 0.1) is 10.7 Å². The average molecular weight is 246 g/mol. The van der Waals surface area contributed by atoms with Gasteiger partial charge in [0.25, 0.3) is 5.91 Å². The third-order valence-corrected chi connectivity index (χ3v) is 2.93. The van der Waals surface area contributed by atoms with E-state index in [4.69, 9.17) is 23.2 Å². The predicted molar refractivity (Wildman–Crippen MR) is 59.4 cm³/mol. The summed E-state index contributed by atoms with van der Waals surface area (Å²) in [5.41, 5.74) is 0.561. The summed E-state index contributed by atoms with van der Waals surface area (Å²) in [6, 6.07) is 4.92. The Morgan fingerprint density at radius 1 is 1.40 bits per heavy atom. The first-order valence-corrected chi connectivity index (χ1v) is 5.29. The van der Waals surface area contributed by atoms with Crippen molar-refractivity contribution in [2.75, 3.05) is 11.4 Å². The van der Waals surface area contributed by atoms with E-state index in [9.17, 15) is 9.90 Å². The number of amides is 1. The highest BCUT2D eigenvalue weighted by atomic mass is 35.5. The SMILES string of the molecule is O=C1C(O)CCN1c1cc(Cl)ccc1Cl. The van der Waals surface area contributed by atoms with Gasteiger partial charge in [-0.2, -0.15) is 0 Å². The maximum Gasteiger partial charge on any atom is 0.255 e. The fourth-order valence-electron chi connectivity index (χ4n) is 1.60. The van der Waals surface area contributed by atoms with Crippen LogP contribution in [0.25, 0.3) is 0 Å². The maximum absolute atomic E-state index is 11.5. The van der Waals surface area contributed by atoms with Gasteiger partial charge in [0.2, 0.25) is 0 Å². The van der Waals surface area contributed by atoms with Crippen molar-refractivity contribution >= 4 is 34.8 Å². The van der Waals surface area contributed by atoms with Crippen LogP contribution in [0, 0.1) is 0 Å². The molecule has 0 aliphatic carbocycles. The van der Waals surface area contributed by atoms with Gasteiger partial charge in [0.1, 0.15) is 6.10 Å². The molecule has 0 aromatic heterocycles. The van der Waals surface area contributed by atoms with Gasteiger partial charge in [-0.15, -0.1) is 0 Å². The number of carbonyl (C=O) groups is 1. The largest absolute Gasteiger partial charge is 0.383 e. The van der Waals surface area contributed by atoms with Crippen LogP contribution in [0.2, 0.25) is 10.0 Å². The van der Waals surface area contributed by atoms with Gasteiger partial charge in [0, 0.05) is 18.0 Å². The lowest BCUT2D eigenvalue weighted by Gasteiger charge is -2.17. The van der Waals surface area contributed by atoms with Crippen molar-refractivity contribution in [3.8, 4) is 0 Å². The summed E-state index contributed by atoms with van der Waals surface area (Å²) in [7, 11) is 0. The standard InChI is InChI=1S/C10H9Cl2NO2/c11-6-1-2-7(12)8(5-6)13-4-3-9(14)10(13)15/h1-2,5,9,14H,3-4H2. The van der Waals surface area contributed by atoms with Crippen molar-refractivity contribution in [3.63, 3.8) is 0 Å². The molecule has 1 aliphatic rings. The maximum atomic E-state index is 11.5. The van der Waals surface area contributed by atoms with E-state index in [-0.39, 0.29) is 5.91 Å². The van der Waals surface area contributed by atoms with Crippen molar-refractivity contribution < 1.29 is 9.90 Å². The van der Waals surface area contributed by atoms with Crippen molar-refractivity contribution in [2.45, 2.75) is 12.5 Å². The Morgan fingerprint density at radius 3 is 2.73 bits per heavy atom. The molecule has 2 rings (SSSR count).